The van der Waals surface area contributed by atoms with Gasteiger partial charge in [0.05, 0.1) is 13.0 Å². The van der Waals surface area contributed by atoms with Crippen LogP contribution in [0.1, 0.15) is 17.5 Å². The molecule has 0 radical (unpaired) electrons. The molecular weight excluding hydrogens is 366 g/mol. The van der Waals surface area contributed by atoms with Crippen LogP contribution in [0, 0.1) is 24.5 Å². The normalized spacial score (nSPS) is 16.4. The molecule has 1 heterocycles. The van der Waals surface area contributed by atoms with Gasteiger partial charge in [-0.2, -0.15) is 0 Å². The summed E-state index contributed by atoms with van der Waals surface area (Å²) in [5.41, 5.74) is 2.21. The number of nitrogens with one attached hydrogen (secondary N) is 1. The van der Waals surface area contributed by atoms with Crippen LogP contribution in [-0.4, -0.2) is 32.0 Å². The van der Waals surface area contributed by atoms with E-state index in [9.17, 15) is 18.4 Å². The van der Waals surface area contributed by atoms with Crippen LogP contribution >= 0.6 is 0 Å². The Labute approximate surface area is 162 Å². The lowest BCUT2D eigenvalue weighted by Crippen LogP contribution is -2.34. The van der Waals surface area contributed by atoms with Crippen LogP contribution in [0.25, 0.3) is 0 Å². The summed E-state index contributed by atoms with van der Waals surface area (Å²) in [5.74, 6) is -1.90. The fraction of sp³-hybridized carbons (Fsp3) is 0.333. The summed E-state index contributed by atoms with van der Waals surface area (Å²) >= 11 is 0. The number of hydrogen-bond donors (Lipinski definition) is 1. The molecule has 1 fully saturated rings. The molecule has 5 nitrogen and oxygen atoms in total. The van der Waals surface area contributed by atoms with E-state index >= 15 is 0 Å². The van der Waals surface area contributed by atoms with Gasteiger partial charge in [-0.25, -0.2) is 8.78 Å². The zero-order valence-electron chi connectivity index (χ0n) is 15.8. The van der Waals surface area contributed by atoms with Crippen LogP contribution in [0.5, 0.6) is 5.75 Å². The highest BCUT2D eigenvalue weighted by Crippen LogP contribution is 2.27. The van der Waals surface area contributed by atoms with E-state index < -0.39 is 17.6 Å². The first-order valence-electron chi connectivity index (χ1n) is 9.05. The molecule has 1 aliphatic heterocycles. The number of carbonyl (C=O) groups is 2. The summed E-state index contributed by atoms with van der Waals surface area (Å²) < 4.78 is 32.2. The second kappa shape index (κ2) is 8.37. The number of ether oxygens (including phenoxy) is 1. The van der Waals surface area contributed by atoms with Crippen molar-refractivity contribution in [1.29, 1.82) is 0 Å². The highest BCUT2D eigenvalue weighted by molar-refractivity contribution is 6.00. The van der Waals surface area contributed by atoms with Crippen molar-refractivity contribution in [1.82, 2.24) is 5.32 Å². The predicted molar refractivity (Wildman–Crippen MR) is 101 cm³/mol. The topological polar surface area (TPSA) is 58.6 Å². The second-order valence-electron chi connectivity index (χ2n) is 6.89. The quantitative estimate of drug-likeness (QED) is 0.828. The van der Waals surface area contributed by atoms with Gasteiger partial charge in [0.25, 0.3) is 0 Å². The maximum Gasteiger partial charge on any atom is 0.227 e. The lowest BCUT2D eigenvalue weighted by atomic mass is 10.1. The van der Waals surface area contributed by atoms with Crippen LogP contribution < -0.4 is 15.0 Å². The highest BCUT2D eigenvalue weighted by atomic mass is 19.1. The minimum Gasteiger partial charge on any atom is -0.496 e. The molecule has 1 unspecified atom stereocenters. The standard InChI is InChI=1S/C21H22F2N2O3/c1-13-3-4-19(28-2)14(7-13)5-6-24-21(27)15-8-20(26)25(12-15)18-10-16(22)9-17(23)11-18/h3-4,7,9-11,15H,5-6,8,12H2,1-2H3,(H,24,27). The first kappa shape index (κ1) is 19.8. The number of aryl methyl sites for hydroxylation is 1. The molecule has 2 aromatic rings. The van der Waals surface area contributed by atoms with Crippen molar-refractivity contribution in [2.45, 2.75) is 19.8 Å². The van der Waals surface area contributed by atoms with E-state index in [-0.39, 0.29) is 30.5 Å². The third-order valence-corrected chi connectivity index (χ3v) is 4.78. The van der Waals surface area contributed by atoms with Gasteiger partial charge in [-0.3, -0.25) is 9.59 Å². The van der Waals surface area contributed by atoms with E-state index in [4.69, 9.17) is 4.74 Å². The Morgan fingerprint density at radius 3 is 2.61 bits per heavy atom. The van der Waals surface area contributed by atoms with Crippen LogP contribution in [0.3, 0.4) is 0 Å². The summed E-state index contributed by atoms with van der Waals surface area (Å²) in [7, 11) is 1.60. The molecule has 0 spiro atoms. The van der Waals surface area contributed by atoms with Crippen LogP contribution in [-0.2, 0) is 16.0 Å². The van der Waals surface area contributed by atoms with Crippen molar-refractivity contribution in [3.8, 4) is 5.75 Å². The van der Waals surface area contributed by atoms with Crippen molar-refractivity contribution < 1.29 is 23.1 Å². The van der Waals surface area contributed by atoms with Crippen LogP contribution in [0.4, 0.5) is 14.5 Å². The summed E-state index contributed by atoms with van der Waals surface area (Å²) in [6.07, 6.45) is 0.605. The maximum atomic E-state index is 13.4. The highest BCUT2D eigenvalue weighted by Gasteiger charge is 2.35. The van der Waals surface area contributed by atoms with Gasteiger partial charge in [0.15, 0.2) is 0 Å². The number of rotatable bonds is 6. The number of carbonyl (C=O) groups excluding carboxylic acids is 2. The van der Waals surface area contributed by atoms with Gasteiger partial charge in [0.1, 0.15) is 17.4 Å². The Morgan fingerprint density at radius 1 is 1.21 bits per heavy atom. The number of methoxy groups -OCH3 is 1. The summed E-state index contributed by atoms with van der Waals surface area (Å²) in [5, 5.41) is 2.84. The lowest BCUT2D eigenvalue weighted by molar-refractivity contribution is -0.126. The Kier molecular flexibility index (Phi) is 5.92. The van der Waals surface area contributed by atoms with Gasteiger partial charge >= 0.3 is 0 Å². The van der Waals surface area contributed by atoms with Gasteiger partial charge in [-0.15, -0.1) is 0 Å². The van der Waals surface area contributed by atoms with E-state index in [1.165, 1.54) is 4.90 Å². The number of hydrogen-bond acceptors (Lipinski definition) is 3. The molecule has 7 heteroatoms. The Morgan fingerprint density at radius 2 is 1.93 bits per heavy atom. The van der Waals surface area contributed by atoms with E-state index in [2.05, 4.69) is 5.32 Å². The van der Waals surface area contributed by atoms with Gasteiger partial charge in [0.2, 0.25) is 11.8 Å². The Balaban J connectivity index is 1.58. The van der Waals surface area contributed by atoms with Crippen molar-refractivity contribution in [2.75, 3.05) is 25.1 Å². The fourth-order valence-corrected chi connectivity index (χ4v) is 3.40. The third-order valence-electron chi connectivity index (χ3n) is 4.78. The van der Waals surface area contributed by atoms with Gasteiger partial charge < -0.3 is 15.0 Å². The number of nitrogens with zero attached hydrogens (tertiary/aromatic N) is 1. The smallest absolute Gasteiger partial charge is 0.227 e. The summed E-state index contributed by atoms with van der Waals surface area (Å²) in [4.78, 5) is 25.9. The molecular formula is C21H22F2N2O3. The van der Waals surface area contributed by atoms with Crippen LogP contribution in [0.15, 0.2) is 36.4 Å². The molecule has 2 aromatic carbocycles. The fourth-order valence-electron chi connectivity index (χ4n) is 3.40. The van der Waals surface area contributed by atoms with E-state index in [0.717, 1.165) is 35.1 Å². The van der Waals surface area contributed by atoms with Gasteiger partial charge in [-0.1, -0.05) is 17.7 Å². The first-order valence-corrected chi connectivity index (χ1v) is 9.05. The average Bonchev–Trinajstić information content (AvgIpc) is 3.03. The van der Waals surface area contributed by atoms with Crippen LogP contribution in [0.2, 0.25) is 0 Å². The van der Waals surface area contributed by atoms with Gasteiger partial charge in [0, 0.05) is 31.3 Å². The molecule has 0 saturated carbocycles. The molecule has 2 amide bonds. The number of benzene rings is 2. The molecule has 1 N–H and O–H groups in total. The molecule has 148 valence electrons. The molecule has 28 heavy (non-hydrogen) atoms. The largest absolute Gasteiger partial charge is 0.496 e. The van der Waals surface area contributed by atoms with Crippen molar-refractivity contribution in [3.63, 3.8) is 0 Å². The van der Waals surface area contributed by atoms with E-state index in [1.807, 2.05) is 25.1 Å². The third kappa shape index (κ3) is 4.47. The molecule has 1 saturated heterocycles. The second-order valence-corrected chi connectivity index (χ2v) is 6.89. The number of anilines is 1. The van der Waals surface area contributed by atoms with E-state index in [1.54, 1.807) is 7.11 Å². The molecule has 1 aliphatic rings. The molecule has 1 atom stereocenters. The van der Waals surface area contributed by atoms with Crippen molar-refractivity contribution >= 4 is 17.5 Å². The summed E-state index contributed by atoms with van der Waals surface area (Å²) in [6, 6.07) is 8.77. The minimum absolute atomic E-state index is 0.0116. The monoisotopic (exact) mass is 388 g/mol. The van der Waals surface area contributed by atoms with Crippen molar-refractivity contribution in [3.05, 3.63) is 59.2 Å². The Hall–Kier alpha value is -2.96. The molecule has 3 rings (SSSR count). The predicted octanol–water partition coefficient (Wildman–Crippen LogP) is 2.99. The zero-order valence-corrected chi connectivity index (χ0v) is 15.8. The SMILES string of the molecule is COc1ccc(C)cc1CCNC(=O)C1CC(=O)N(c2cc(F)cc(F)c2)C1. The number of halogens is 2. The molecule has 0 aliphatic carbocycles. The maximum absolute atomic E-state index is 13.4. The molecule has 0 aromatic heterocycles. The summed E-state index contributed by atoms with van der Waals surface area (Å²) in [6.45, 7) is 2.48. The van der Waals surface area contributed by atoms with E-state index in [0.29, 0.717) is 13.0 Å². The lowest BCUT2D eigenvalue weighted by Gasteiger charge is -2.17. The first-order chi connectivity index (χ1) is 13.4. The Bertz CT molecular complexity index is 881. The number of amides is 2. The zero-order chi connectivity index (χ0) is 20.3. The minimum atomic E-state index is -0.761. The van der Waals surface area contributed by atoms with Crippen molar-refractivity contribution in [2.24, 2.45) is 5.92 Å². The average molecular weight is 388 g/mol. The molecule has 0 bridgehead atoms. The van der Waals surface area contributed by atoms with Gasteiger partial charge in [-0.05, 0) is 37.1 Å².